The highest BCUT2D eigenvalue weighted by Crippen LogP contribution is 2.28. The first-order valence-corrected chi connectivity index (χ1v) is 11.2. The molecule has 7 N–H and O–H groups in total. The van der Waals surface area contributed by atoms with Crippen LogP contribution in [0.5, 0.6) is 5.75 Å². The van der Waals surface area contributed by atoms with Gasteiger partial charge in [0.05, 0.1) is 28.7 Å². The second kappa shape index (κ2) is 9.83. The molecule has 0 aliphatic heterocycles. The minimum atomic E-state index is -0.547. The van der Waals surface area contributed by atoms with Crippen LogP contribution in [0.2, 0.25) is 0 Å². The molecule has 2 amide bonds. The number of imidazole rings is 1. The van der Waals surface area contributed by atoms with Crippen molar-refractivity contribution in [3.05, 3.63) is 52.5 Å². The number of amides is 2. The third-order valence-corrected chi connectivity index (χ3v) is 5.93. The molecule has 176 valence electrons. The third kappa shape index (κ3) is 5.46. The van der Waals surface area contributed by atoms with E-state index >= 15 is 0 Å². The molecule has 12 heteroatoms. The first-order chi connectivity index (χ1) is 16.3. The summed E-state index contributed by atoms with van der Waals surface area (Å²) in [5.74, 6) is -0.515. The number of aromatic amines is 1. The molecule has 0 saturated heterocycles. The van der Waals surface area contributed by atoms with Crippen molar-refractivity contribution in [2.45, 2.75) is 19.3 Å². The van der Waals surface area contributed by atoms with Crippen molar-refractivity contribution in [3.8, 4) is 5.75 Å². The predicted molar refractivity (Wildman–Crippen MR) is 126 cm³/mol. The summed E-state index contributed by atoms with van der Waals surface area (Å²) in [5, 5.41) is 11.0. The Morgan fingerprint density at radius 3 is 2.76 bits per heavy atom. The number of rotatable bonds is 10. The zero-order valence-electron chi connectivity index (χ0n) is 18.0. The van der Waals surface area contributed by atoms with E-state index in [9.17, 15) is 14.0 Å². The van der Waals surface area contributed by atoms with Gasteiger partial charge in [-0.2, -0.15) is 0 Å². The van der Waals surface area contributed by atoms with Crippen LogP contribution < -0.4 is 21.5 Å². The molecule has 0 fully saturated rings. The van der Waals surface area contributed by atoms with E-state index in [2.05, 4.69) is 20.3 Å². The number of hydrogen-bond acceptors (Lipinski definition) is 7. The normalized spacial score (nSPS) is 11.1. The smallest absolute Gasteiger partial charge is 0.220 e. The number of aromatic nitrogens is 3. The number of thiazole rings is 1. The average molecular weight is 484 g/mol. The Hall–Kier alpha value is -4.06. The summed E-state index contributed by atoms with van der Waals surface area (Å²) in [4.78, 5) is 34.6. The summed E-state index contributed by atoms with van der Waals surface area (Å²) in [6, 6.07) is 7.97. The molecule has 0 bridgehead atoms. The lowest BCUT2D eigenvalue weighted by molar-refractivity contribution is -0.125. The van der Waals surface area contributed by atoms with Gasteiger partial charge in [-0.15, -0.1) is 11.3 Å². The molecule has 4 rings (SSSR count). The van der Waals surface area contributed by atoms with Crippen LogP contribution in [-0.4, -0.2) is 45.8 Å². The molecule has 0 spiro atoms. The maximum Gasteiger partial charge on any atom is 0.220 e. The average Bonchev–Trinajstić information content (AvgIpc) is 3.37. The largest absolute Gasteiger partial charge is 0.489 e. The molecule has 0 radical (unpaired) electrons. The lowest BCUT2D eigenvalue weighted by atomic mass is 10.2. The van der Waals surface area contributed by atoms with E-state index in [0.29, 0.717) is 28.8 Å². The maximum atomic E-state index is 14.1. The molecule has 34 heavy (non-hydrogen) atoms. The highest BCUT2D eigenvalue weighted by molar-refractivity contribution is 7.18. The molecule has 2 aromatic heterocycles. The summed E-state index contributed by atoms with van der Waals surface area (Å²) in [5.41, 5.74) is 13.0. The molecule has 0 aliphatic rings. The molecule has 4 aromatic rings. The number of nitrogens with two attached hydrogens (primary N) is 2. The van der Waals surface area contributed by atoms with E-state index in [0.717, 1.165) is 15.2 Å². The van der Waals surface area contributed by atoms with Crippen molar-refractivity contribution in [2.24, 2.45) is 11.5 Å². The van der Waals surface area contributed by atoms with Crippen LogP contribution in [0.15, 0.2) is 30.3 Å². The quantitative estimate of drug-likeness (QED) is 0.131. The van der Waals surface area contributed by atoms with Crippen molar-refractivity contribution < 1.29 is 18.7 Å². The molecule has 0 aliphatic carbocycles. The lowest BCUT2D eigenvalue weighted by Gasteiger charge is -2.08. The number of amidine groups is 1. The monoisotopic (exact) mass is 483 g/mol. The fourth-order valence-electron chi connectivity index (χ4n) is 3.33. The molecular formula is C22H22FN7O3S. The van der Waals surface area contributed by atoms with E-state index in [1.165, 1.54) is 23.5 Å². The minimum absolute atomic E-state index is 0.00407. The number of nitrogen functional groups attached to an aromatic ring is 1. The number of ether oxygens (including phenoxy) is 1. The van der Waals surface area contributed by atoms with E-state index in [1.807, 2.05) is 12.1 Å². The van der Waals surface area contributed by atoms with Gasteiger partial charge in [-0.25, -0.2) is 14.4 Å². The highest BCUT2D eigenvalue weighted by atomic mass is 32.1. The Morgan fingerprint density at radius 2 is 2.00 bits per heavy atom. The van der Waals surface area contributed by atoms with Gasteiger partial charge < -0.3 is 26.5 Å². The summed E-state index contributed by atoms with van der Waals surface area (Å²) >= 11 is 1.47. The van der Waals surface area contributed by atoms with E-state index in [-0.39, 0.29) is 43.5 Å². The number of carbonyl (C=O) groups is 2. The Labute approximate surface area is 197 Å². The standard InChI is InChI=1S/C22H22FN7O3S/c23-12-8-14-21(15(9-12)33-6-5-27-19(32)4-3-17(24)31)30-18(28-14)10-20-29-13-2-1-11(22(25)26)7-16(13)34-20/h1-2,7-9H,3-6,10H2,(H2,24,31)(H3,25,26)(H,27,32)(H,28,30). The van der Waals surface area contributed by atoms with Crippen LogP contribution in [0.1, 0.15) is 29.2 Å². The van der Waals surface area contributed by atoms with Gasteiger partial charge in [0.1, 0.15) is 40.4 Å². The number of halogens is 1. The van der Waals surface area contributed by atoms with Gasteiger partial charge in [0, 0.05) is 24.5 Å². The molecule has 2 heterocycles. The van der Waals surface area contributed by atoms with E-state index < -0.39 is 11.7 Å². The number of nitrogens with one attached hydrogen (secondary N) is 3. The van der Waals surface area contributed by atoms with Gasteiger partial charge in [-0.1, -0.05) is 0 Å². The van der Waals surface area contributed by atoms with Gasteiger partial charge in [0.15, 0.2) is 0 Å². The van der Waals surface area contributed by atoms with E-state index in [1.54, 1.807) is 6.07 Å². The molecule has 10 nitrogen and oxygen atoms in total. The van der Waals surface area contributed by atoms with Crippen molar-refractivity contribution in [1.82, 2.24) is 20.3 Å². The van der Waals surface area contributed by atoms with Gasteiger partial charge >= 0.3 is 0 Å². The number of nitrogens with zero attached hydrogens (tertiary/aromatic N) is 2. The number of hydrogen-bond donors (Lipinski definition) is 5. The maximum absolute atomic E-state index is 14.1. The second-order valence-corrected chi connectivity index (χ2v) is 8.64. The molecular weight excluding hydrogens is 461 g/mol. The minimum Gasteiger partial charge on any atom is -0.489 e. The van der Waals surface area contributed by atoms with Crippen molar-refractivity contribution in [2.75, 3.05) is 13.2 Å². The van der Waals surface area contributed by atoms with E-state index in [4.69, 9.17) is 21.6 Å². The van der Waals surface area contributed by atoms with Crippen LogP contribution in [-0.2, 0) is 16.0 Å². The van der Waals surface area contributed by atoms with Crippen LogP contribution >= 0.6 is 11.3 Å². The van der Waals surface area contributed by atoms with Gasteiger partial charge in [0.2, 0.25) is 11.8 Å². The Balaban J connectivity index is 1.45. The first kappa shape index (κ1) is 23.1. The Morgan fingerprint density at radius 1 is 1.18 bits per heavy atom. The van der Waals surface area contributed by atoms with Crippen LogP contribution in [0.4, 0.5) is 4.39 Å². The highest BCUT2D eigenvalue weighted by Gasteiger charge is 2.14. The van der Waals surface area contributed by atoms with Crippen LogP contribution in [0.25, 0.3) is 21.3 Å². The van der Waals surface area contributed by atoms with Crippen LogP contribution in [0, 0.1) is 11.2 Å². The summed E-state index contributed by atoms with van der Waals surface area (Å²) in [7, 11) is 0. The van der Waals surface area contributed by atoms with Crippen molar-refractivity contribution in [3.63, 3.8) is 0 Å². The van der Waals surface area contributed by atoms with Gasteiger partial charge in [-0.3, -0.25) is 15.0 Å². The zero-order valence-corrected chi connectivity index (χ0v) is 18.8. The predicted octanol–water partition coefficient (Wildman–Crippen LogP) is 1.95. The first-order valence-electron chi connectivity index (χ1n) is 10.4. The topological polar surface area (TPSA) is 173 Å². The van der Waals surface area contributed by atoms with Gasteiger partial charge in [0.25, 0.3) is 0 Å². The SMILES string of the molecule is N=C(N)c1ccc2nc(Cc3nc4c(OCCNC(=O)CCC(N)=O)cc(F)cc4[nH]3)sc2c1. The van der Waals surface area contributed by atoms with Gasteiger partial charge in [-0.05, 0) is 24.3 Å². The number of benzene rings is 2. The molecule has 2 aromatic carbocycles. The number of carbonyl (C=O) groups excluding carboxylic acids is 2. The van der Waals surface area contributed by atoms with Crippen molar-refractivity contribution in [1.29, 1.82) is 5.41 Å². The number of fused-ring (bicyclic) bond motifs is 2. The van der Waals surface area contributed by atoms with Crippen LogP contribution in [0.3, 0.4) is 0 Å². The summed E-state index contributed by atoms with van der Waals surface area (Å²) in [6.07, 6.45) is 0.379. The number of H-pyrrole nitrogens is 1. The lowest BCUT2D eigenvalue weighted by Crippen LogP contribution is -2.29. The zero-order chi connectivity index (χ0) is 24.2. The molecule has 0 atom stereocenters. The fraction of sp³-hybridized carbons (Fsp3) is 0.227. The Bertz CT molecular complexity index is 1400. The van der Waals surface area contributed by atoms with Crippen molar-refractivity contribution >= 4 is 50.2 Å². The Kier molecular flexibility index (Phi) is 6.68. The summed E-state index contributed by atoms with van der Waals surface area (Å²) < 4.78 is 20.7. The number of primary amides is 1. The third-order valence-electron chi connectivity index (χ3n) is 4.91. The summed E-state index contributed by atoms with van der Waals surface area (Å²) in [6.45, 7) is 0.278. The molecule has 0 unspecified atom stereocenters. The molecule has 0 saturated carbocycles. The fourth-order valence-corrected chi connectivity index (χ4v) is 4.34. The second-order valence-electron chi connectivity index (χ2n) is 7.53.